The van der Waals surface area contributed by atoms with Crippen molar-refractivity contribution in [3.05, 3.63) is 86.7 Å². The van der Waals surface area contributed by atoms with E-state index < -0.39 is 4.92 Å². The first-order valence-corrected chi connectivity index (χ1v) is 9.11. The Balaban J connectivity index is 1.86. The van der Waals surface area contributed by atoms with Crippen molar-refractivity contribution in [3.63, 3.8) is 0 Å². The van der Waals surface area contributed by atoms with E-state index >= 15 is 0 Å². The molecule has 152 valence electrons. The first kappa shape index (κ1) is 20.6. The van der Waals surface area contributed by atoms with Gasteiger partial charge in [-0.2, -0.15) is 5.26 Å². The van der Waals surface area contributed by atoms with E-state index in [2.05, 4.69) is 11.2 Å². The summed E-state index contributed by atoms with van der Waals surface area (Å²) in [5.74, 6) is 0.523. The van der Waals surface area contributed by atoms with Gasteiger partial charge in [0.15, 0.2) is 0 Å². The van der Waals surface area contributed by atoms with E-state index in [0.717, 1.165) is 22.5 Å². The Morgan fingerprint density at radius 2 is 2.00 bits per heavy atom. The molecule has 0 saturated heterocycles. The minimum atomic E-state index is -0.438. The third kappa shape index (κ3) is 4.15. The average Bonchev–Trinajstić information content (AvgIpc) is 3.03. The molecular weight excluding hydrogens is 384 g/mol. The van der Waals surface area contributed by atoms with Gasteiger partial charge in [0.2, 0.25) is 0 Å². The number of rotatable bonds is 7. The van der Waals surface area contributed by atoms with E-state index in [1.165, 1.54) is 19.2 Å². The number of nitrogens with zero attached hydrogens (tertiary/aromatic N) is 4. The highest BCUT2D eigenvalue weighted by molar-refractivity contribution is 5.82. The van der Waals surface area contributed by atoms with Gasteiger partial charge in [0.1, 0.15) is 12.4 Å². The molecule has 0 bridgehead atoms. The van der Waals surface area contributed by atoms with Crippen molar-refractivity contribution >= 4 is 11.9 Å². The van der Waals surface area contributed by atoms with Crippen molar-refractivity contribution in [2.45, 2.75) is 20.5 Å². The lowest BCUT2D eigenvalue weighted by Crippen LogP contribution is -2.03. The van der Waals surface area contributed by atoms with Gasteiger partial charge in [0.05, 0.1) is 35.6 Å². The number of nitriles is 1. The smallest absolute Gasteiger partial charge is 0.271 e. The van der Waals surface area contributed by atoms with E-state index in [0.29, 0.717) is 17.0 Å². The van der Waals surface area contributed by atoms with Gasteiger partial charge in [-0.15, -0.1) is 0 Å². The maximum Gasteiger partial charge on any atom is 0.271 e. The van der Waals surface area contributed by atoms with Crippen molar-refractivity contribution in [2.75, 3.05) is 7.11 Å². The third-order valence-corrected chi connectivity index (χ3v) is 4.71. The van der Waals surface area contributed by atoms with Gasteiger partial charge in [0.25, 0.3) is 5.69 Å². The second-order valence-corrected chi connectivity index (χ2v) is 6.55. The lowest BCUT2D eigenvalue weighted by molar-refractivity contribution is -0.384. The lowest BCUT2D eigenvalue weighted by atomic mass is 10.1. The average molecular weight is 404 g/mol. The number of nitro groups is 1. The van der Waals surface area contributed by atoms with Crippen LogP contribution in [0.4, 0.5) is 5.69 Å². The van der Waals surface area contributed by atoms with Gasteiger partial charge < -0.3 is 14.1 Å². The van der Waals surface area contributed by atoms with Crippen molar-refractivity contribution < 1.29 is 14.5 Å². The number of aromatic nitrogens is 1. The number of methoxy groups -OCH3 is 1. The fourth-order valence-electron chi connectivity index (χ4n) is 3.21. The second kappa shape index (κ2) is 8.92. The molecule has 1 aromatic heterocycles. The van der Waals surface area contributed by atoms with Gasteiger partial charge in [0, 0.05) is 34.6 Å². The summed E-state index contributed by atoms with van der Waals surface area (Å²) in [4.78, 5) is 16.1. The summed E-state index contributed by atoms with van der Waals surface area (Å²) >= 11 is 0. The van der Waals surface area contributed by atoms with Crippen molar-refractivity contribution in [2.24, 2.45) is 5.16 Å². The molecule has 0 radical (unpaired) electrons. The highest BCUT2D eigenvalue weighted by Crippen LogP contribution is 2.31. The van der Waals surface area contributed by atoms with Crippen molar-refractivity contribution in [3.8, 4) is 17.5 Å². The molecule has 0 saturated carbocycles. The zero-order valence-corrected chi connectivity index (χ0v) is 16.8. The largest absolute Gasteiger partial charge is 0.495 e. The maximum absolute atomic E-state index is 11.2. The summed E-state index contributed by atoms with van der Waals surface area (Å²) in [6.45, 7) is 3.96. The topological polar surface area (TPSA) is 103 Å². The first-order valence-electron chi connectivity index (χ1n) is 9.11. The summed E-state index contributed by atoms with van der Waals surface area (Å²) in [7, 11) is 1.52. The second-order valence-electron chi connectivity index (χ2n) is 6.55. The van der Waals surface area contributed by atoms with E-state index in [1.807, 2.05) is 36.6 Å². The van der Waals surface area contributed by atoms with Gasteiger partial charge in [-0.1, -0.05) is 23.4 Å². The molecule has 0 aliphatic rings. The molecule has 0 aliphatic heterocycles. The first-order chi connectivity index (χ1) is 14.5. The van der Waals surface area contributed by atoms with Gasteiger partial charge in [-0.3, -0.25) is 10.1 Å². The Labute approximate surface area is 173 Å². The molecule has 8 heteroatoms. The third-order valence-electron chi connectivity index (χ3n) is 4.71. The fourth-order valence-corrected chi connectivity index (χ4v) is 3.21. The number of hydrogen-bond acceptors (Lipinski definition) is 6. The fraction of sp³-hybridized carbons (Fsp3) is 0.182. The number of non-ortho nitro benzene ring substituents is 1. The van der Waals surface area contributed by atoms with Gasteiger partial charge in [-0.25, -0.2) is 0 Å². The molecule has 30 heavy (non-hydrogen) atoms. The van der Waals surface area contributed by atoms with Gasteiger partial charge >= 0.3 is 0 Å². The molecule has 0 fully saturated rings. The number of aryl methyl sites for hydroxylation is 1. The van der Waals surface area contributed by atoms with Crippen LogP contribution in [0, 0.1) is 35.3 Å². The number of oxime groups is 1. The Morgan fingerprint density at radius 1 is 1.23 bits per heavy atom. The van der Waals surface area contributed by atoms with E-state index in [4.69, 9.17) is 14.8 Å². The molecule has 8 nitrogen and oxygen atoms in total. The highest BCUT2D eigenvalue weighted by Gasteiger charge is 2.17. The molecule has 2 aromatic carbocycles. The number of nitro benzene ring substituents is 1. The quantitative estimate of drug-likeness (QED) is 0.329. The molecule has 0 amide bonds. The summed E-state index contributed by atoms with van der Waals surface area (Å²) in [5, 5.41) is 24.3. The molecule has 0 unspecified atom stereocenters. The zero-order valence-electron chi connectivity index (χ0n) is 16.8. The van der Waals surface area contributed by atoms with Crippen LogP contribution in [0.25, 0.3) is 5.69 Å². The van der Waals surface area contributed by atoms with Gasteiger partial charge in [-0.05, 0) is 32.0 Å². The lowest BCUT2D eigenvalue weighted by Gasteiger charge is -2.13. The van der Waals surface area contributed by atoms with Crippen LogP contribution in [0.3, 0.4) is 0 Å². The SMILES string of the molecule is COc1ccc([N+](=O)[O-])cc1-n1c(C)cc(/C=N\OCc2ccccc2C#N)c1C. The highest BCUT2D eigenvalue weighted by atomic mass is 16.6. The van der Waals surface area contributed by atoms with E-state index in [9.17, 15) is 10.1 Å². The number of hydrogen-bond donors (Lipinski definition) is 0. The van der Waals surface area contributed by atoms with Crippen LogP contribution >= 0.6 is 0 Å². The number of benzene rings is 2. The number of ether oxygens (including phenoxy) is 1. The monoisotopic (exact) mass is 404 g/mol. The molecule has 1 heterocycles. The Kier molecular flexibility index (Phi) is 6.13. The van der Waals surface area contributed by atoms with Crippen LogP contribution in [0.1, 0.15) is 28.1 Å². The van der Waals surface area contributed by atoms with E-state index in [-0.39, 0.29) is 12.3 Å². The molecule has 0 atom stereocenters. The van der Waals surface area contributed by atoms with Crippen LogP contribution in [0.5, 0.6) is 5.75 Å². The van der Waals surface area contributed by atoms with Crippen molar-refractivity contribution in [1.29, 1.82) is 5.26 Å². The molecule has 3 rings (SSSR count). The molecule has 3 aromatic rings. The van der Waals surface area contributed by atoms with Crippen LogP contribution in [0.2, 0.25) is 0 Å². The van der Waals surface area contributed by atoms with Crippen LogP contribution < -0.4 is 4.74 Å². The minimum absolute atomic E-state index is 0.0204. The van der Waals surface area contributed by atoms with Crippen LogP contribution in [-0.2, 0) is 11.4 Å². The molecular formula is C22H20N4O4. The normalized spacial score (nSPS) is 10.7. The predicted molar refractivity (Wildman–Crippen MR) is 112 cm³/mol. The molecule has 0 spiro atoms. The van der Waals surface area contributed by atoms with Crippen LogP contribution in [0.15, 0.2) is 53.7 Å². The minimum Gasteiger partial charge on any atom is -0.495 e. The molecule has 0 N–H and O–H groups in total. The standard InChI is InChI=1S/C22H20N4O4/c1-15-10-19(13-24-30-14-18-7-5-4-6-17(18)12-23)16(2)25(15)21-11-20(26(27)28)8-9-22(21)29-3/h4-11,13H,14H2,1-3H3/b24-13-. The van der Waals surface area contributed by atoms with E-state index in [1.54, 1.807) is 24.4 Å². The Bertz CT molecular complexity index is 1160. The maximum atomic E-state index is 11.2. The molecule has 0 aliphatic carbocycles. The summed E-state index contributed by atoms with van der Waals surface area (Å²) in [5.41, 5.74) is 4.35. The predicted octanol–water partition coefficient (Wildman–Crippen LogP) is 4.43. The summed E-state index contributed by atoms with van der Waals surface area (Å²) in [6.07, 6.45) is 1.58. The zero-order chi connectivity index (χ0) is 21.7. The summed E-state index contributed by atoms with van der Waals surface area (Å²) in [6, 6.07) is 15.7. The Morgan fingerprint density at radius 3 is 2.70 bits per heavy atom. The Hall–Kier alpha value is -4.12. The van der Waals surface area contributed by atoms with Crippen LogP contribution in [-0.4, -0.2) is 22.8 Å². The van der Waals surface area contributed by atoms with Crippen molar-refractivity contribution in [1.82, 2.24) is 4.57 Å². The summed E-state index contributed by atoms with van der Waals surface area (Å²) < 4.78 is 7.27.